The molecule has 3 N–H and O–H groups in total. The molecular formula is C14H10ClN3O2. The van der Waals surface area contributed by atoms with E-state index >= 15 is 0 Å². The van der Waals surface area contributed by atoms with E-state index in [0.29, 0.717) is 21.6 Å². The first-order valence-corrected chi connectivity index (χ1v) is 6.21. The van der Waals surface area contributed by atoms with Crippen molar-refractivity contribution >= 4 is 28.5 Å². The number of hydrogen-bond donors (Lipinski definition) is 2. The first-order valence-electron chi connectivity index (χ1n) is 5.83. The molecule has 0 radical (unpaired) electrons. The van der Waals surface area contributed by atoms with Crippen LogP contribution in [0, 0.1) is 0 Å². The molecule has 3 aromatic rings. The highest BCUT2D eigenvalue weighted by Gasteiger charge is 2.10. The largest absolute Gasteiger partial charge is 0.508 e. The third-order valence-corrected chi connectivity index (χ3v) is 3.22. The van der Waals surface area contributed by atoms with E-state index in [0.717, 1.165) is 0 Å². The molecule has 0 saturated heterocycles. The maximum atomic E-state index is 12.5. The van der Waals surface area contributed by atoms with Crippen LogP contribution in [0.2, 0.25) is 5.02 Å². The molecule has 0 spiro atoms. The van der Waals surface area contributed by atoms with Crippen molar-refractivity contribution in [3.05, 3.63) is 57.8 Å². The number of aromatic hydroxyl groups is 1. The number of nitrogens with two attached hydrogens (primary N) is 1. The highest BCUT2D eigenvalue weighted by Crippen LogP contribution is 2.19. The fourth-order valence-corrected chi connectivity index (χ4v) is 2.16. The smallest absolute Gasteiger partial charge is 0.267 e. The monoisotopic (exact) mass is 287 g/mol. The van der Waals surface area contributed by atoms with E-state index in [1.807, 2.05) is 0 Å². The quantitative estimate of drug-likeness (QED) is 0.720. The van der Waals surface area contributed by atoms with Gasteiger partial charge < -0.3 is 10.8 Å². The van der Waals surface area contributed by atoms with Crippen molar-refractivity contribution in [3.8, 4) is 11.4 Å². The Hall–Kier alpha value is -2.53. The van der Waals surface area contributed by atoms with Gasteiger partial charge in [-0.3, -0.25) is 4.79 Å². The van der Waals surface area contributed by atoms with E-state index < -0.39 is 0 Å². The van der Waals surface area contributed by atoms with Crippen LogP contribution in [0.3, 0.4) is 0 Å². The highest BCUT2D eigenvalue weighted by molar-refractivity contribution is 6.30. The van der Waals surface area contributed by atoms with Crippen LogP contribution in [-0.2, 0) is 0 Å². The summed E-state index contributed by atoms with van der Waals surface area (Å²) in [5, 5.41) is 10.4. The van der Waals surface area contributed by atoms with Gasteiger partial charge in [-0.05, 0) is 36.4 Å². The molecule has 1 heterocycles. The predicted octanol–water partition coefficient (Wildman–Crippen LogP) is 2.33. The third-order valence-electron chi connectivity index (χ3n) is 2.96. The summed E-state index contributed by atoms with van der Waals surface area (Å²) in [6.45, 7) is 0. The third kappa shape index (κ3) is 1.98. The second-order valence-electron chi connectivity index (χ2n) is 4.29. The van der Waals surface area contributed by atoms with Crippen molar-refractivity contribution in [2.75, 3.05) is 5.73 Å². The Labute approximate surface area is 118 Å². The number of anilines is 1. The second kappa shape index (κ2) is 4.54. The van der Waals surface area contributed by atoms with Gasteiger partial charge in [-0.2, -0.15) is 0 Å². The molecule has 5 nitrogen and oxygen atoms in total. The van der Waals surface area contributed by atoms with Crippen molar-refractivity contribution in [1.82, 2.24) is 9.55 Å². The lowest BCUT2D eigenvalue weighted by molar-refractivity contribution is 0.476. The van der Waals surface area contributed by atoms with E-state index in [2.05, 4.69) is 4.98 Å². The Kier molecular flexibility index (Phi) is 2.84. The zero-order valence-corrected chi connectivity index (χ0v) is 11.0. The van der Waals surface area contributed by atoms with Crippen LogP contribution in [0.5, 0.6) is 5.75 Å². The summed E-state index contributed by atoms with van der Waals surface area (Å²) in [6, 6.07) is 11.1. The minimum absolute atomic E-state index is 0.0352. The summed E-state index contributed by atoms with van der Waals surface area (Å²) < 4.78 is 1.30. The molecule has 0 saturated carbocycles. The second-order valence-corrected chi connectivity index (χ2v) is 4.72. The molecule has 20 heavy (non-hydrogen) atoms. The number of hydrogen-bond acceptors (Lipinski definition) is 4. The molecule has 0 aliphatic carbocycles. The van der Waals surface area contributed by atoms with Gasteiger partial charge in [-0.1, -0.05) is 11.6 Å². The van der Waals surface area contributed by atoms with Gasteiger partial charge in [-0.15, -0.1) is 0 Å². The molecule has 0 bridgehead atoms. The number of aromatic nitrogens is 2. The lowest BCUT2D eigenvalue weighted by atomic mass is 10.2. The SMILES string of the molecule is Nc1nc2cc(O)ccc2c(=O)n1-c1ccc(Cl)cc1. The Morgan fingerprint density at radius 3 is 2.55 bits per heavy atom. The van der Waals surface area contributed by atoms with E-state index in [-0.39, 0.29) is 17.3 Å². The minimum atomic E-state index is -0.296. The standard InChI is InChI=1S/C14H10ClN3O2/c15-8-1-3-9(4-2-8)18-13(20)11-6-5-10(19)7-12(11)17-14(18)16/h1-7,19H,(H2,16,17). The van der Waals surface area contributed by atoms with Crippen molar-refractivity contribution < 1.29 is 5.11 Å². The van der Waals surface area contributed by atoms with Gasteiger partial charge in [-0.25, -0.2) is 9.55 Å². The number of benzene rings is 2. The van der Waals surface area contributed by atoms with Gasteiger partial charge >= 0.3 is 0 Å². The number of rotatable bonds is 1. The van der Waals surface area contributed by atoms with Gasteiger partial charge in [0.1, 0.15) is 5.75 Å². The van der Waals surface area contributed by atoms with Gasteiger partial charge in [0.05, 0.1) is 16.6 Å². The Morgan fingerprint density at radius 2 is 1.85 bits per heavy atom. The molecule has 0 unspecified atom stereocenters. The Bertz CT molecular complexity index is 857. The van der Waals surface area contributed by atoms with Crippen molar-refractivity contribution in [1.29, 1.82) is 0 Å². The Balaban J connectivity index is 2.34. The van der Waals surface area contributed by atoms with Crippen LogP contribution < -0.4 is 11.3 Å². The molecule has 0 aliphatic rings. The Morgan fingerprint density at radius 1 is 1.15 bits per heavy atom. The molecule has 100 valence electrons. The maximum Gasteiger partial charge on any atom is 0.267 e. The molecular weight excluding hydrogens is 278 g/mol. The summed E-state index contributed by atoms with van der Waals surface area (Å²) >= 11 is 5.83. The molecule has 3 rings (SSSR count). The van der Waals surface area contributed by atoms with E-state index in [1.54, 1.807) is 24.3 Å². The molecule has 0 atom stereocenters. The van der Waals surface area contributed by atoms with Gasteiger partial charge in [0.2, 0.25) is 5.95 Å². The molecule has 1 aromatic heterocycles. The molecule has 2 aromatic carbocycles. The van der Waals surface area contributed by atoms with Crippen LogP contribution in [0.4, 0.5) is 5.95 Å². The van der Waals surface area contributed by atoms with Crippen molar-refractivity contribution in [2.45, 2.75) is 0 Å². The normalized spacial score (nSPS) is 10.8. The average Bonchev–Trinajstić information content (AvgIpc) is 2.40. The first kappa shape index (κ1) is 12.5. The number of halogens is 1. The average molecular weight is 288 g/mol. The van der Waals surface area contributed by atoms with Gasteiger partial charge in [0.25, 0.3) is 5.56 Å². The fourth-order valence-electron chi connectivity index (χ4n) is 2.03. The van der Waals surface area contributed by atoms with Crippen molar-refractivity contribution in [2.24, 2.45) is 0 Å². The van der Waals surface area contributed by atoms with E-state index in [9.17, 15) is 9.90 Å². The number of nitrogen functional groups attached to an aromatic ring is 1. The summed E-state index contributed by atoms with van der Waals surface area (Å²) in [5.74, 6) is 0.0865. The molecule has 0 amide bonds. The molecule has 6 heteroatoms. The summed E-state index contributed by atoms with van der Waals surface area (Å²) in [7, 11) is 0. The van der Waals surface area contributed by atoms with Crippen LogP contribution in [0.15, 0.2) is 47.3 Å². The van der Waals surface area contributed by atoms with E-state index in [4.69, 9.17) is 17.3 Å². The van der Waals surface area contributed by atoms with Crippen LogP contribution in [-0.4, -0.2) is 14.7 Å². The molecule has 0 fully saturated rings. The number of phenols is 1. The number of fused-ring (bicyclic) bond motifs is 1. The number of phenolic OH excluding ortho intramolecular Hbond substituents is 1. The molecule has 0 aliphatic heterocycles. The lowest BCUT2D eigenvalue weighted by Gasteiger charge is -2.10. The van der Waals surface area contributed by atoms with E-state index in [1.165, 1.54) is 22.8 Å². The lowest BCUT2D eigenvalue weighted by Crippen LogP contribution is -2.22. The summed E-state index contributed by atoms with van der Waals surface area (Å²) in [5.41, 5.74) is 6.49. The topological polar surface area (TPSA) is 81.1 Å². The van der Waals surface area contributed by atoms with Crippen molar-refractivity contribution in [3.63, 3.8) is 0 Å². The first-order chi connectivity index (χ1) is 9.56. The zero-order chi connectivity index (χ0) is 14.3. The van der Waals surface area contributed by atoms with Crippen LogP contribution in [0.1, 0.15) is 0 Å². The minimum Gasteiger partial charge on any atom is -0.508 e. The van der Waals surface area contributed by atoms with Gasteiger partial charge in [0.15, 0.2) is 0 Å². The fraction of sp³-hybridized carbons (Fsp3) is 0. The summed E-state index contributed by atoms with van der Waals surface area (Å²) in [6.07, 6.45) is 0. The zero-order valence-electron chi connectivity index (χ0n) is 10.2. The van der Waals surface area contributed by atoms with Crippen LogP contribution >= 0.6 is 11.6 Å². The van der Waals surface area contributed by atoms with Crippen LogP contribution in [0.25, 0.3) is 16.6 Å². The van der Waals surface area contributed by atoms with Gasteiger partial charge in [0, 0.05) is 11.1 Å². The predicted molar refractivity (Wildman–Crippen MR) is 78.4 cm³/mol. The summed E-state index contributed by atoms with van der Waals surface area (Å²) in [4.78, 5) is 16.6. The number of nitrogens with zero attached hydrogens (tertiary/aromatic N) is 2. The maximum absolute atomic E-state index is 12.5. The highest BCUT2D eigenvalue weighted by atomic mass is 35.5.